The minimum absolute atomic E-state index is 0.0237. The number of methoxy groups -OCH3 is 1. The number of amides is 1. The second kappa shape index (κ2) is 9.62. The van der Waals surface area contributed by atoms with Crippen molar-refractivity contribution >= 4 is 5.91 Å². The van der Waals surface area contributed by atoms with E-state index in [2.05, 4.69) is 23.1 Å². The lowest BCUT2D eigenvalue weighted by atomic mass is 9.97. The van der Waals surface area contributed by atoms with Gasteiger partial charge in [0, 0.05) is 39.9 Å². The number of piperidine rings is 1. The first-order chi connectivity index (χ1) is 14.0. The van der Waals surface area contributed by atoms with Crippen LogP contribution in [0.3, 0.4) is 0 Å². The highest BCUT2D eigenvalue weighted by Crippen LogP contribution is 2.20. The highest BCUT2D eigenvalue weighted by atomic mass is 16.5. The van der Waals surface area contributed by atoms with E-state index in [0.717, 1.165) is 51.2 Å². The molecule has 3 rings (SSSR count). The summed E-state index contributed by atoms with van der Waals surface area (Å²) >= 11 is 0. The highest BCUT2D eigenvalue weighted by Gasteiger charge is 2.24. The van der Waals surface area contributed by atoms with Gasteiger partial charge in [-0.05, 0) is 55.5 Å². The molecule has 6 nitrogen and oxygen atoms in total. The van der Waals surface area contributed by atoms with E-state index in [1.54, 1.807) is 28.8 Å². The molecule has 0 spiro atoms. The first-order valence-corrected chi connectivity index (χ1v) is 10.2. The molecule has 6 heteroatoms. The number of likely N-dealkylation sites (tertiary alicyclic amines) is 1. The predicted octanol–water partition coefficient (Wildman–Crippen LogP) is 2.93. The number of aryl methyl sites for hydroxylation is 1. The van der Waals surface area contributed by atoms with E-state index >= 15 is 0 Å². The second-order valence-electron chi connectivity index (χ2n) is 7.93. The maximum absolute atomic E-state index is 12.8. The summed E-state index contributed by atoms with van der Waals surface area (Å²) in [6.45, 7) is 3.91. The second-order valence-corrected chi connectivity index (χ2v) is 7.93. The first kappa shape index (κ1) is 20.9. The third-order valence-electron chi connectivity index (χ3n) is 5.71. The molecule has 1 saturated heterocycles. The van der Waals surface area contributed by atoms with E-state index in [1.165, 1.54) is 5.56 Å². The molecule has 1 unspecified atom stereocenters. The van der Waals surface area contributed by atoms with Gasteiger partial charge >= 0.3 is 0 Å². The number of hydrogen-bond acceptors (Lipinski definition) is 4. The third-order valence-corrected chi connectivity index (χ3v) is 5.71. The van der Waals surface area contributed by atoms with Crippen molar-refractivity contribution in [1.29, 1.82) is 5.26 Å². The smallest absolute Gasteiger partial charge is 0.270 e. The number of nitrogens with zero attached hydrogens (tertiary/aromatic N) is 4. The maximum Gasteiger partial charge on any atom is 0.270 e. The normalized spacial score (nSPS) is 17.0. The van der Waals surface area contributed by atoms with Gasteiger partial charge in [-0.25, -0.2) is 0 Å². The number of aromatic nitrogens is 1. The van der Waals surface area contributed by atoms with Crippen molar-refractivity contribution in [2.75, 3.05) is 40.3 Å². The molecule has 2 heterocycles. The Morgan fingerprint density at radius 3 is 2.76 bits per heavy atom. The highest BCUT2D eigenvalue weighted by molar-refractivity contribution is 5.93. The van der Waals surface area contributed by atoms with Crippen molar-refractivity contribution in [3.05, 3.63) is 53.3 Å². The fraction of sp³-hybridized carbons (Fsp3) is 0.478. The minimum atomic E-state index is -0.0237. The van der Waals surface area contributed by atoms with Crippen LogP contribution in [0.25, 0.3) is 0 Å². The van der Waals surface area contributed by atoms with Crippen LogP contribution in [-0.2, 0) is 13.5 Å². The van der Waals surface area contributed by atoms with Gasteiger partial charge in [0.05, 0.1) is 12.7 Å². The van der Waals surface area contributed by atoms with Crippen LogP contribution in [0.2, 0.25) is 0 Å². The number of carbonyl (C=O) groups is 1. The van der Waals surface area contributed by atoms with Crippen molar-refractivity contribution in [2.24, 2.45) is 13.0 Å². The van der Waals surface area contributed by atoms with E-state index in [4.69, 9.17) is 10.00 Å². The predicted molar refractivity (Wildman–Crippen MR) is 113 cm³/mol. The fourth-order valence-electron chi connectivity index (χ4n) is 4.09. The van der Waals surface area contributed by atoms with Gasteiger partial charge in [0.15, 0.2) is 0 Å². The minimum Gasteiger partial charge on any atom is -0.497 e. The summed E-state index contributed by atoms with van der Waals surface area (Å²) in [6, 6.07) is 12.0. The van der Waals surface area contributed by atoms with E-state index in [-0.39, 0.29) is 5.91 Å². The Morgan fingerprint density at radius 2 is 2.10 bits per heavy atom. The first-order valence-electron chi connectivity index (χ1n) is 10.2. The topological polar surface area (TPSA) is 61.5 Å². The molecule has 0 radical (unpaired) electrons. The molecule has 29 heavy (non-hydrogen) atoms. The molecule has 1 atom stereocenters. The Balaban J connectivity index is 1.51. The molecule has 0 N–H and O–H groups in total. The Morgan fingerprint density at radius 1 is 1.34 bits per heavy atom. The van der Waals surface area contributed by atoms with Crippen LogP contribution in [0.15, 0.2) is 36.5 Å². The summed E-state index contributed by atoms with van der Waals surface area (Å²) in [6.07, 6.45) is 5.03. The Kier molecular flexibility index (Phi) is 6.95. The lowest BCUT2D eigenvalue weighted by Crippen LogP contribution is -2.42. The van der Waals surface area contributed by atoms with Crippen LogP contribution in [-0.4, -0.2) is 60.6 Å². The average molecular weight is 395 g/mol. The summed E-state index contributed by atoms with van der Waals surface area (Å²) in [5.41, 5.74) is 2.40. The number of rotatable bonds is 7. The molecule has 1 aliphatic rings. The SMILES string of the molecule is COc1ccc(CCN2CCCC(CN(C)C(=O)c3cc(C#N)cn3C)C2)cc1. The van der Waals surface area contributed by atoms with Gasteiger partial charge in [0.1, 0.15) is 17.5 Å². The molecular weight excluding hydrogens is 364 g/mol. The number of hydrogen-bond donors (Lipinski definition) is 0. The molecule has 1 fully saturated rings. The largest absolute Gasteiger partial charge is 0.497 e. The van der Waals surface area contributed by atoms with Crippen LogP contribution in [0.1, 0.15) is 34.5 Å². The van der Waals surface area contributed by atoms with Gasteiger partial charge in [0.2, 0.25) is 0 Å². The number of benzene rings is 1. The molecule has 154 valence electrons. The van der Waals surface area contributed by atoms with E-state index in [0.29, 0.717) is 17.2 Å². The van der Waals surface area contributed by atoms with Crippen molar-refractivity contribution in [3.63, 3.8) is 0 Å². The Hall–Kier alpha value is -2.78. The summed E-state index contributed by atoms with van der Waals surface area (Å²) in [5.74, 6) is 1.34. The van der Waals surface area contributed by atoms with Gasteiger partial charge in [-0.3, -0.25) is 4.79 Å². The van der Waals surface area contributed by atoms with Crippen LogP contribution in [0, 0.1) is 17.2 Å². The van der Waals surface area contributed by atoms with Gasteiger partial charge in [-0.15, -0.1) is 0 Å². The van der Waals surface area contributed by atoms with Gasteiger partial charge in [-0.1, -0.05) is 12.1 Å². The third kappa shape index (κ3) is 5.39. The van der Waals surface area contributed by atoms with Gasteiger partial charge in [-0.2, -0.15) is 5.26 Å². The van der Waals surface area contributed by atoms with Crippen LogP contribution >= 0.6 is 0 Å². The Labute approximate surface area is 173 Å². The van der Waals surface area contributed by atoms with E-state index < -0.39 is 0 Å². The molecule has 1 aromatic heterocycles. The summed E-state index contributed by atoms with van der Waals surface area (Å²) in [4.78, 5) is 17.1. The quantitative estimate of drug-likeness (QED) is 0.724. The molecule has 0 aliphatic carbocycles. The average Bonchev–Trinajstić information content (AvgIpc) is 3.13. The van der Waals surface area contributed by atoms with Crippen LogP contribution in [0.5, 0.6) is 5.75 Å². The van der Waals surface area contributed by atoms with Crippen molar-refractivity contribution in [2.45, 2.75) is 19.3 Å². The zero-order valence-corrected chi connectivity index (χ0v) is 17.6. The lowest BCUT2D eigenvalue weighted by molar-refractivity contribution is 0.0721. The zero-order chi connectivity index (χ0) is 20.8. The van der Waals surface area contributed by atoms with Crippen LogP contribution in [0.4, 0.5) is 0 Å². The monoisotopic (exact) mass is 394 g/mol. The van der Waals surface area contributed by atoms with Crippen molar-refractivity contribution in [3.8, 4) is 11.8 Å². The standard InChI is InChI=1S/C23H30N4O2/c1-25-16-20(14-24)13-22(25)23(28)26(2)15-19-5-4-11-27(17-19)12-10-18-6-8-21(29-3)9-7-18/h6-9,13,16,19H,4-5,10-12,15,17H2,1-3H3. The molecule has 1 aromatic carbocycles. The summed E-state index contributed by atoms with van der Waals surface area (Å²) < 4.78 is 6.96. The molecule has 0 saturated carbocycles. The van der Waals surface area contributed by atoms with Crippen molar-refractivity contribution < 1.29 is 9.53 Å². The number of ether oxygens (including phenoxy) is 1. The van der Waals surface area contributed by atoms with Gasteiger partial charge in [0.25, 0.3) is 5.91 Å². The van der Waals surface area contributed by atoms with E-state index in [1.807, 2.05) is 26.2 Å². The molecule has 1 amide bonds. The zero-order valence-electron chi connectivity index (χ0n) is 17.6. The molecule has 1 aliphatic heterocycles. The fourth-order valence-corrected chi connectivity index (χ4v) is 4.09. The summed E-state index contributed by atoms with van der Waals surface area (Å²) in [5, 5.41) is 9.05. The summed E-state index contributed by atoms with van der Waals surface area (Å²) in [7, 11) is 5.35. The van der Waals surface area contributed by atoms with E-state index in [9.17, 15) is 4.79 Å². The van der Waals surface area contributed by atoms with Gasteiger partial charge < -0.3 is 19.1 Å². The number of nitriles is 1. The maximum atomic E-state index is 12.8. The lowest BCUT2D eigenvalue weighted by Gasteiger charge is -2.34. The molecule has 0 bridgehead atoms. The van der Waals surface area contributed by atoms with Crippen LogP contribution < -0.4 is 4.74 Å². The molecule has 2 aromatic rings. The number of carbonyl (C=O) groups excluding carboxylic acids is 1. The Bertz CT molecular complexity index is 866. The van der Waals surface area contributed by atoms with Crippen molar-refractivity contribution in [1.82, 2.24) is 14.4 Å². The molecular formula is C23H30N4O2.